The van der Waals surface area contributed by atoms with E-state index in [4.69, 9.17) is 0 Å². The van der Waals surface area contributed by atoms with E-state index in [0.29, 0.717) is 5.69 Å². The van der Waals surface area contributed by atoms with E-state index in [0.717, 1.165) is 12.3 Å². The number of H-pyrrole nitrogens is 2. The Morgan fingerprint density at radius 1 is 1.15 bits per heavy atom. The lowest BCUT2D eigenvalue weighted by Crippen LogP contribution is -2.25. The minimum absolute atomic E-state index is 0.179. The number of carbonyl (C=O) groups is 1. The van der Waals surface area contributed by atoms with Crippen LogP contribution in [-0.2, 0) is 0 Å². The third kappa shape index (κ3) is 3.95. The molecular formula is C12H11N5O3. The highest BCUT2D eigenvalue weighted by atomic mass is 16.2. The van der Waals surface area contributed by atoms with Crippen molar-refractivity contribution in [2.45, 2.75) is 0 Å². The summed E-state index contributed by atoms with van der Waals surface area (Å²) in [6, 6.07) is 9.42. The van der Waals surface area contributed by atoms with E-state index in [1.165, 1.54) is 0 Å². The maximum absolute atomic E-state index is 11.5. The molecule has 0 aliphatic carbocycles. The molecule has 20 heavy (non-hydrogen) atoms. The van der Waals surface area contributed by atoms with Crippen molar-refractivity contribution in [3.8, 4) is 0 Å². The number of rotatable bonds is 3. The number of anilines is 1. The fraction of sp³-hybridized carbons (Fsp3) is 0. The van der Waals surface area contributed by atoms with Gasteiger partial charge in [0.2, 0.25) is 0 Å². The minimum atomic E-state index is -0.646. The summed E-state index contributed by atoms with van der Waals surface area (Å²) in [6.45, 7) is 0. The molecule has 0 fully saturated rings. The van der Waals surface area contributed by atoms with Crippen molar-refractivity contribution < 1.29 is 4.79 Å². The Bertz CT molecular complexity index is 704. The molecule has 1 aromatic carbocycles. The molecular weight excluding hydrogens is 262 g/mol. The second-order valence-electron chi connectivity index (χ2n) is 3.73. The number of hydrogen-bond acceptors (Lipinski definition) is 4. The monoisotopic (exact) mass is 273 g/mol. The number of nitrogens with zero attached hydrogens (tertiary/aromatic N) is 1. The van der Waals surface area contributed by atoms with Crippen LogP contribution in [0.5, 0.6) is 0 Å². The molecule has 0 spiro atoms. The molecule has 0 saturated carbocycles. The van der Waals surface area contributed by atoms with Crippen LogP contribution in [0, 0.1) is 0 Å². The van der Waals surface area contributed by atoms with Gasteiger partial charge in [-0.15, -0.1) is 0 Å². The smallest absolute Gasteiger partial charge is 0.307 e. The Kier molecular flexibility index (Phi) is 4.07. The Hall–Kier alpha value is -3.16. The van der Waals surface area contributed by atoms with Gasteiger partial charge in [0.25, 0.3) is 5.56 Å². The average molecular weight is 273 g/mol. The van der Waals surface area contributed by atoms with E-state index in [9.17, 15) is 14.4 Å². The Morgan fingerprint density at radius 3 is 2.60 bits per heavy atom. The van der Waals surface area contributed by atoms with Gasteiger partial charge in [0, 0.05) is 11.8 Å². The van der Waals surface area contributed by atoms with E-state index in [2.05, 4.69) is 20.8 Å². The van der Waals surface area contributed by atoms with Gasteiger partial charge in [0.05, 0.1) is 11.9 Å². The van der Waals surface area contributed by atoms with Crippen molar-refractivity contribution >= 4 is 17.9 Å². The van der Waals surface area contributed by atoms with Gasteiger partial charge in [-0.05, 0) is 12.1 Å². The first-order chi connectivity index (χ1) is 9.63. The molecule has 102 valence electrons. The molecule has 8 nitrogen and oxygen atoms in total. The lowest BCUT2D eigenvalue weighted by atomic mass is 10.3. The first-order valence-corrected chi connectivity index (χ1v) is 5.62. The maximum Gasteiger partial charge on any atom is 0.339 e. The number of para-hydroxylation sites is 1. The van der Waals surface area contributed by atoms with Gasteiger partial charge in [-0.1, -0.05) is 18.2 Å². The quantitative estimate of drug-likeness (QED) is 0.473. The van der Waals surface area contributed by atoms with Crippen LogP contribution in [0.3, 0.4) is 0 Å². The SMILES string of the molecule is O=C(N/N=C/c1cc(=O)[nH]c(=O)[nH]1)Nc1ccccc1. The van der Waals surface area contributed by atoms with Crippen LogP contribution >= 0.6 is 0 Å². The highest BCUT2D eigenvalue weighted by molar-refractivity contribution is 5.90. The van der Waals surface area contributed by atoms with Crippen LogP contribution in [0.2, 0.25) is 0 Å². The first-order valence-electron chi connectivity index (χ1n) is 5.62. The summed E-state index contributed by atoms with van der Waals surface area (Å²) in [6.07, 6.45) is 1.15. The summed E-state index contributed by atoms with van der Waals surface area (Å²) in [5.74, 6) is 0. The molecule has 1 aromatic heterocycles. The first kappa shape index (κ1) is 13.3. The topological polar surface area (TPSA) is 119 Å². The van der Waals surface area contributed by atoms with Gasteiger partial charge in [0.1, 0.15) is 0 Å². The summed E-state index contributed by atoms with van der Waals surface area (Å²) >= 11 is 0. The molecule has 0 radical (unpaired) electrons. The van der Waals surface area contributed by atoms with Gasteiger partial charge >= 0.3 is 11.7 Å². The molecule has 8 heteroatoms. The number of carbonyl (C=O) groups excluding carboxylic acids is 1. The molecule has 2 rings (SSSR count). The van der Waals surface area contributed by atoms with Crippen LogP contribution in [-0.4, -0.2) is 22.2 Å². The molecule has 0 saturated heterocycles. The maximum atomic E-state index is 11.5. The predicted octanol–water partition coefficient (Wildman–Crippen LogP) is 0.219. The van der Waals surface area contributed by atoms with Gasteiger partial charge < -0.3 is 10.3 Å². The third-order valence-corrected chi connectivity index (χ3v) is 2.18. The lowest BCUT2D eigenvalue weighted by Gasteiger charge is -2.02. The van der Waals surface area contributed by atoms with Gasteiger partial charge in [-0.25, -0.2) is 15.0 Å². The Labute approximate surface area is 112 Å². The van der Waals surface area contributed by atoms with Crippen molar-refractivity contribution in [1.82, 2.24) is 15.4 Å². The van der Waals surface area contributed by atoms with Gasteiger partial charge in [0.15, 0.2) is 0 Å². The average Bonchev–Trinajstić information content (AvgIpc) is 2.38. The van der Waals surface area contributed by atoms with E-state index in [-0.39, 0.29) is 5.69 Å². The van der Waals surface area contributed by atoms with Crippen molar-refractivity contribution in [1.29, 1.82) is 0 Å². The van der Waals surface area contributed by atoms with E-state index in [1.807, 2.05) is 11.1 Å². The Morgan fingerprint density at radius 2 is 1.90 bits per heavy atom. The zero-order valence-corrected chi connectivity index (χ0v) is 10.2. The molecule has 0 atom stereocenters. The minimum Gasteiger partial charge on any atom is -0.307 e. The number of amides is 2. The fourth-order valence-corrected chi connectivity index (χ4v) is 1.40. The number of aromatic nitrogens is 2. The standard InChI is InChI=1S/C12H11N5O3/c18-10-6-9(15-11(19)16-10)7-13-17-12(20)14-8-4-2-1-3-5-8/h1-7H,(H2,14,17,20)(H2,15,16,18,19)/b13-7+. The number of hydrogen-bond donors (Lipinski definition) is 4. The number of nitrogens with one attached hydrogen (secondary N) is 4. The molecule has 4 N–H and O–H groups in total. The molecule has 0 aliphatic rings. The second-order valence-corrected chi connectivity index (χ2v) is 3.73. The van der Waals surface area contributed by atoms with E-state index >= 15 is 0 Å². The molecule has 2 amide bonds. The van der Waals surface area contributed by atoms with Crippen molar-refractivity contribution in [2.24, 2.45) is 5.10 Å². The van der Waals surface area contributed by atoms with E-state index in [1.54, 1.807) is 24.3 Å². The molecule has 1 heterocycles. The van der Waals surface area contributed by atoms with Crippen LogP contribution in [0.15, 0.2) is 51.1 Å². The summed E-state index contributed by atoms with van der Waals surface area (Å²) in [5.41, 5.74) is 1.80. The highest BCUT2D eigenvalue weighted by Crippen LogP contribution is 2.03. The second kappa shape index (κ2) is 6.14. The zero-order chi connectivity index (χ0) is 14.4. The normalized spacial score (nSPS) is 10.4. The lowest BCUT2D eigenvalue weighted by molar-refractivity contribution is 0.252. The van der Waals surface area contributed by atoms with Gasteiger partial charge in [-0.2, -0.15) is 5.10 Å². The molecule has 0 unspecified atom stereocenters. The van der Waals surface area contributed by atoms with Crippen LogP contribution in [0.25, 0.3) is 0 Å². The largest absolute Gasteiger partial charge is 0.339 e. The molecule has 2 aromatic rings. The Balaban J connectivity index is 1.94. The van der Waals surface area contributed by atoms with Gasteiger partial charge in [-0.3, -0.25) is 9.78 Å². The van der Waals surface area contributed by atoms with E-state index < -0.39 is 17.3 Å². The van der Waals surface area contributed by atoms with Crippen molar-refractivity contribution in [3.05, 3.63) is 62.9 Å². The molecule has 0 aliphatic heterocycles. The number of benzene rings is 1. The summed E-state index contributed by atoms with van der Waals surface area (Å²) < 4.78 is 0. The van der Waals surface area contributed by atoms with Crippen molar-refractivity contribution in [2.75, 3.05) is 5.32 Å². The fourth-order valence-electron chi connectivity index (χ4n) is 1.40. The highest BCUT2D eigenvalue weighted by Gasteiger charge is 1.98. The molecule has 0 bridgehead atoms. The third-order valence-electron chi connectivity index (χ3n) is 2.18. The number of aromatic amines is 2. The predicted molar refractivity (Wildman–Crippen MR) is 73.9 cm³/mol. The summed E-state index contributed by atoms with van der Waals surface area (Å²) in [7, 11) is 0. The van der Waals surface area contributed by atoms with Crippen LogP contribution in [0.4, 0.5) is 10.5 Å². The summed E-state index contributed by atoms with van der Waals surface area (Å²) in [4.78, 5) is 37.8. The summed E-state index contributed by atoms with van der Waals surface area (Å²) in [5, 5.41) is 6.16. The number of urea groups is 1. The van der Waals surface area contributed by atoms with Crippen LogP contribution in [0.1, 0.15) is 5.69 Å². The van der Waals surface area contributed by atoms with Crippen molar-refractivity contribution in [3.63, 3.8) is 0 Å². The number of hydrazone groups is 1. The zero-order valence-electron chi connectivity index (χ0n) is 10.2. The van der Waals surface area contributed by atoms with Crippen LogP contribution < -0.4 is 22.0 Å².